The zero-order valence-corrected chi connectivity index (χ0v) is 16.2. The van der Waals surface area contributed by atoms with Gasteiger partial charge in [0.05, 0.1) is 11.5 Å². The molecule has 0 radical (unpaired) electrons. The van der Waals surface area contributed by atoms with Gasteiger partial charge in [-0.2, -0.15) is 0 Å². The van der Waals surface area contributed by atoms with Crippen LogP contribution >= 0.6 is 0 Å². The minimum Gasteiger partial charge on any atom is -0.350 e. The summed E-state index contributed by atoms with van der Waals surface area (Å²) in [5.74, 6) is -0.618. The fourth-order valence-electron chi connectivity index (χ4n) is 2.77. The maximum Gasteiger partial charge on any atom is 0.293 e. The van der Waals surface area contributed by atoms with Crippen LogP contribution in [0.15, 0.2) is 48.5 Å². The molecule has 0 heterocycles. The lowest BCUT2D eigenvalue weighted by Gasteiger charge is -2.23. The number of amides is 2. The minimum atomic E-state index is -0.539. The summed E-state index contributed by atoms with van der Waals surface area (Å²) in [5.41, 5.74) is 0.930. The summed E-state index contributed by atoms with van der Waals surface area (Å²) >= 11 is 0. The summed E-state index contributed by atoms with van der Waals surface area (Å²) in [6.45, 7) is 4.76. The molecule has 8 heteroatoms. The lowest BCUT2D eigenvalue weighted by molar-refractivity contribution is -0.383. The smallest absolute Gasteiger partial charge is 0.293 e. The molecule has 0 aliphatic heterocycles. The number of likely N-dealkylation sites (N-methyl/N-ethyl adjacent to an activating group) is 2. The van der Waals surface area contributed by atoms with Gasteiger partial charge in [0.2, 0.25) is 5.91 Å². The quantitative estimate of drug-likeness (QED) is 0.557. The van der Waals surface area contributed by atoms with Crippen molar-refractivity contribution in [3.05, 3.63) is 64.2 Å². The third-order valence-electron chi connectivity index (χ3n) is 4.33. The van der Waals surface area contributed by atoms with Crippen LogP contribution in [-0.2, 0) is 4.79 Å². The average Bonchev–Trinajstić information content (AvgIpc) is 2.69. The maximum atomic E-state index is 12.6. The van der Waals surface area contributed by atoms with Crippen LogP contribution in [0.1, 0.15) is 24.2 Å². The lowest BCUT2D eigenvalue weighted by atomic mass is 10.1. The third-order valence-corrected chi connectivity index (χ3v) is 4.33. The highest BCUT2D eigenvalue weighted by atomic mass is 16.6. The van der Waals surface area contributed by atoms with Crippen molar-refractivity contribution >= 4 is 28.9 Å². The van der Waals surface area contributed by atoms with Gasteiger partial charge in [0.1, 0.15) is 5.69 Å². The fourth-order valence-corrected chi connectivity index (χ4v) is 2.77. The van der Waals surface area contributed by atoms with Crippen LogP contribution in [0.4, 0.5) is 17.1 Å². The van der Waals surface area contributed by atoms with E-state index in [0.29, 0.717) is 18.8 Å². The molecule has 2 aromatic rings. The van der Waals surface area contributed by atoms with Crippen LogP contribution in [0.25, 0.3) is 0 Å². The van der Waals surface area contributed by atoms with E-state index >= 15 is 0 Å². The van der Waals surface area contributed by atoms with Gasteiger partial charge >= 0.3 is 0 Å². The van der Waals surface area contributed by atoms with Crippen molar-refractivity contribution in [2.45, 2.75) is 13.8 Å². The van der Waals surface area contributed by atoms with Crippen LogP contribution < -0.4 is 5.32 Å². The first-order valence-corrected chi connectivity index (χ1v) is 9.01. The predicted octanol–water partition coefficient (Wildman–Crippen LogP) is 3.28. The number of para-hydroxylation sites is 1. The van der Waals surface area contributed by atoms with E-state index in [4.69, 9.17) is 0 Å². The highest BCUT2D eigenvalue weighted by molar-refractivity contribution is 5.97. The van der Waals surface area contributed by atoms with Gasteiger partial charge in [-0.1, -0.05) is 18.2 Å². The number of nitro benzene ring substituents is 1. The van der Waals surface area contributed by atoms with E-state index in [1.807, 2.05) is 32.0 Å². The van der Waals surface area contributed by atoms with Crippen molar-refractivity contribution in [3.63, 3.8) is 0 Å². The van der Waals surface area contributed by atoms with Crippen LogP contribution in [0.5, 0.6) is 0 Å². The molecular weight excluding hydrogens is 360 g/mol. The van der Waals surface area contributed by atoms with Gasteiger partial charge in [-0.3, -0.25) is 19.7 Å². The number of nitrogens with zero attached hydrogens (tertiary/aromatic N) is 3. The van der Waals surface area contributed by atoms with E-state index in [-0.39, 0.29) is 29.4 Å². The van der Waals surface area contributed by atoms with E-state index in [2.05, 4.69) is 5.32 Å². The molecule has 8 nitrogen and oxygen atoms in total. The molecule has 2 rings (SSSR count). The van der Waals surface area contributed by atoms with Gasteiger partial charge in [-0.05, 0) is 38.1 Å². The standard InChI is InChI=1S/C20H24N4O4/c1-4-23(5-2)19(25)14-22(3)20(26)15-11-12-17(18(13-15)24(27)28)21-16-9-7-6-8-10-16/h6-13,21H,4-5,14H2,1-3H3. The normalized spacial score (nSPS) is 10.2. The Labute approximate surface area is 163 Å². The van der Waals surface area contributed by atoms with Crippen LogP contribution in [0.3, 0.4) is 0 Å². The zero-order chi connectivity index (χ0) is 20.7. The number of hydrogen-bond acceptors (Lipinski definition) is 5. The first-order valence-electron chi connectivity index (χ1n) is 9.01. The Kier molecular flexibility index (Phi) is 7.08. The number of carbonyl (C=O) groups is 2. The molecule has 148 valence electrons. The summed E-state index contributed by atoms with van der Waals surface area (Å²) < 4.78 is 0. The van der Waals surface area contributed by atoms with Crippen molar-refractivity contribution in [1.29, 1.82) is 0 Å². The number of rotatable bonds is 8. The summed E-state index contributed by atoms with van der Waals surface area (Å²) in [4.78, 5) is 38.7. The molecule has 0 aliphatic carbocycles. The van der Waals surface area contributed by atoms with E-state index in [1.165, 1.54) is 30.1 Å². The molecule has 2 amide bonds. The molecule has 2 aromatic carbocycles. The van der Waals surface area contributed by atoms with Gasteiger partial charge < -0.3 is 15.1 Å². The van der Waals surface area contributed by atoms with Crippen molar-refractivity contribution in [1.82, 2.24) is 9.80 Å². The summed E-state index contributed by atoms with van der Waals surface area (Å²) in [5, 5.41) is 14.5. The Balaban J connectivity index is 2.21. The molecule has 0 aliphatic rings. The third kappa shape index (κ3) is 5.06. The monoisotopic (exact) mass is 384 g/mol. The van der Waals surface area contributed by atoms with E-state index in [1.54, 1.807) is 17.0 Å². The lowest BCUT2D eigenvalue weighted by Crippen LogP contribution is -2.41. The van der Waals surface area contributed by atoms with Gasteiger partial charge in [0, 0.05) is 37.5 Å². The Bertz CT molecular complexity index is 851. The molecule has 0 unspecified atom stereocenters. The van der Waals surface area contributed by atoms with Gasteiger partial charge in [-0.25, -0.2) is 0 Å². The predicted molar refractivity (Wildman–Crippen MR) is 108 cm³/mol. The fraction of sp³-hybridized carbons (Fsp3) is 0.300. The van der Waals surface area contributed by atoms with Gasteiger partial charge in [-0.15, -0.1) is 0 Å². The number of hydrogen-bond donors (Lipinski definition) is 1. The second kappa shape index (κ2) is 9.50. The molecule has 0 saturated carbocycles. The minimum absolute atomic E-state index is 0.0850. The molecule has 0 spiro atoms. The highest BCUT2D eigenvalue weighted by Gasteiger charge is 2.22. The molecule has 0 aromatic heterocycles. The summed E-state index contributed by atoms with van der Waals surface area (Å²) in [6.07, 6.45) is 0. The zero-order valence-electron chi connectivity index (χ0n) is 16.2. The van der Waals surface area contributed by atoms with Crippen LogP contribution in [0.2, 0.25) is 0 Å². The van der Waals surface area contributed by atoms with Gasteiger partial charge in [0.25, 0.3) is 11.6 Å². The molecule has 0 saturated heterocycles. The molecule has 0 fully saturated rings. The van der Waals surface area contributed by atoms with Crippen molar-refractivity contribution in [2.75, 3.05) is 32.0 Å². The van der Waals surface area contributed by atoms with Crippen molar-refractivity contribution in [3.8, 4) is 0 Å². The Morgan fingerprint density at radius 1 is 1.07 bits per heavy atom. The topological polar surface area (TPSA) is 95.8 Å². The second-order valence-corrected chi connectivity index (χ2v) is 6.21. The van der Waals surface area contributed by atoms with E-state index < -0.39 is 10.8 Å². The Morgan fingerprint density at radius 3 is 2.29 bits per heavy atom. The molecular formula is C20H24N4O4. The first-order chi connectivity index (χ1) is 13.4. The second-order valence-electron chi connectivity index (χ2n) is 6.21. The van der Waals surface area contributed by atoms with Gasteiger partial charge in [0.15, 0.2) is 0 Å². The summed E-state index contributed by atoms with van der Waals surface area (Å²) in [6, 6.07) is 13.3. The van der Waals surface area contributed by atoms with E-state index in [0.717, 1.165) is 0 Å². The SMILES string of the molecule is CCN(CC)C(=O)CN(C)C(=O)c1ccc(Nc2ccccc2)c([N+](=O)[O-])c1. The number of anilines is 2. The van der Waals surface area contributed by atoms with Crippen molar-refractivity contribution in [2.24, 2.45) is 0 Å². The molecule has 0 bridgehead atoms. The molecule has 0 atom stereocenters. The molecule has 28 heavy (non-hydrogen) atoms. The Hall–Kier alpha value is -3.42. The number of nitrogens with one attached hydrogen (secondary N) is 1. The van der Waals surface area contributed by atoms with Crippen molar-refractivity contribution < 1.29 is 14.5 Å². The highest BCUT2D eigenvalue weighted by Crippen LogP contribution is 2.29. The number of benzene rings is 2. The number of nitro groups is 1. The maximum absolute atomic E-state index is 12.6. The Morgan fingerprint density at radius 2 is 1.71 bits per heavy atom. The summed E-state index contributed by atoms with van der Waals surface area (Å²) in [7, 11) is 1.51. The van der Waals surface area contributed by atoms with Crippen LogP contribution in [0, 0.1) is 10.1 Å². The largest absolute Gasteiger partial charge is 0.350 e. The van der Waals surface area contributed by atoms with E-state index in [9.17, 15) is 19.7 Å². The van der Waals surface area contributed by atoms with Crippen LogP contribution in [-0.4, -0.2) is 53.2 Å². The molecule has 1 N–H and O–H groups in total. The average molecular weight is 384 g/mol. The number of carbonyl (C=O) groups excluding carboxylic acids is 2. The first kappa shape index (κ1) is 20.9.